The van der Waals surface area contributed by atoms with Crippen molar-refractivity contribution in [3.63, 3.8) is 0 Å². The van der Waals surface area contributed by atoms with Gasteiger partial charge in [0.05, 0.1) is 28.2 Å². The van der Waals surface area contributed by atoms with Gasteiger partial charge in [-0.1, -0.05) is 11.6 Å². The Morgan fingerprint density at radius 1 is 1.45 bits per heavy atom. The Balaban J connectivity index is 2.37. The predicted octanol–water partition coefficient (Wildman–Crippen LogP) is 2.12. The average Bonchev–Trinajstić information content (AvgIpc) is 2.66. The minimum Gasteiger partial charge on any atom is -0.326 e. The Morgan fingerprint density at radius 2 is 2.15 bits per heavy atom. The number of fused-ring (bicyclic) bond motifs is 1. The summed E-state index contributed by atoms with van der Waals surface area (Å²) >= 11 is 11.6. The third kappa shape index (κ3) is 3.41. The van der Waals surface area contributed by atoms with E-state index in [0.717, 1.165) is 6.26 Å². The molecule has 20 heavy (non-hydrogen) atoms. The fourth-order valence-corrected chi connectivity index (χ4v) is 2.69. The van der Waals surface area contributed by atoms with Gasteiger partial charge in [0.15, 0.2) is 0 Å². The van der Waals surface area contributed by atoms with Crippen molar-refractivity contribution in [3.8, 4) is 0 Å². The van der Waals surface area contributed by atoms with E-state index in [2.05, 4.69) is 9.71 Å². The minimum absolute atomic E-state index is 0.0177. The molecule has 0 saturated carbocycles. The molecule has 0 spiro atoms. The fourth-order valence-electron chi connectivity index (χ4n) is 1.86. The molecule has 110 valence electrons. The van der Waals surface area contributed by atoms with Crippen LogP contribution in [0.1, 0.15) is 5.82 Å². The van der Waals surface area contributed by atoms with Crippen LogP contribution in [0.2, 0.25) is 5.02 Å². The van der Waals surface area contributed by atoms with E-state index in [1.165, 1.54) is 12.1 Å². The van der Waals surface area contributed by atoms with Crippen LogP contribution in [0, 0.1) is 5.82 Å². The Morgan fingerprint density at radius 3 is 2.75 bits per heavy atom. The second-order valence-electron chi connectivity index (χ2n) is 4.23. The lowest BCUT2D eigenvalue weighted by Crippen LogP contribution is -2.26. The fraction of sp³-hybridized carbons (Fsp3) is 0.364. The molecule has 0 amide bonds. The van der Waals surface area contributed by atoms with Crippen LogP contribution < -0.4 is 4.72 Å². The molecule has 1 aromatic heterocycles. The first-order valence-electron chi connectivity index (χ1n) is 5.66. The van der Waals surface area contributed by atoms with E-state index >= 15 is 0 Å². The van der Waals surface area contributed by atoms with Crippen LogP contribution in [0.5, 0.6) is 0 Å². The molecule has 0 aliphatic heterocycles. The van der Waals surface area contributed by atoms with E-state index in [9.17, 15) is 12.8 Å². The van der Waals surface area contributed by atoms with Crippen molar-refractivity contribution in [1.82, 2.24) is 14.3 Å². The van der Waals surface area contributed by atoms with Gasteiger partial charge in [-0.25, -0.2) is 22.5 Å². The summed E-state index contributed by atoms with van der Waals surface area (Å²) in [5, 5.41) is -0.0177. The third-order valence-corrected chi connectivity index (χ3v) is 3.95. The molecular weight excluding hydrogens is 328 g/mol. The van der Waals surface area contributed by atoms with Crippen molar-refractivity contribution < 1.29 is 12.8 Å². The Hall–Kier alpha value is -0.890. The predicted molar refractivity (Wildman–Crippen MR) is 77.1 cm³/mol. The number of hydrogen-bond donors (Lipinski definition) is 1. The van der Waals surface area contributed by atoms with Crippen LogP contribution in [0.4, 0.5) is 4.39 Å². The van der Waals surface area contributed by atoms with Crippen molar-refractivity contribution in [2.45, 2.75) is 12.4 Å². The Kier molecular flexibility index (Phi) is 4.53. The molecule has 2 rings (SSSR count). The highest BCUT2D eigenvalue weighted by molar-refractivity contribution is 7.88. The van der Waals surface area contributed by atoms with Gasteiger partial charge in [-0.3, -0.25) is 0 Å². The Bertz CT molecular complexity index is 746. The molecule has 2 aromatic rings. The highest BCUT2D eigenvalue weighted by atomic mass is 35.5. The molecule has 9 heteroatoms. The van der Waals surface area contributed by atoms with Gasteiger partial charge in [-0.2, -0.15) is 0 Å². The summed E-state index contributed by atoms with van der Waals surface area (Å²) < 4.78 is 39.6. The summed E-state index contributed by atoms with van der Waals surface area (Å²) in [7, 11) is -3.27. The maximum absolute atomic E-state index is 13.4. The number of sulfonamides is 1. The molecule has 0 saturated heterocycles. The van der Waals surface area contributed by atoms with Crippen LogP contribution in [-0.2, 0) is 22.4 Å². The topological polar surface area (TPSA) is 64.0 Å². The molecule has 0 aliphatic carbocycles. The maximum Gasteiger partial charge on any atom is 0.208 e. The smallest absolute Gasteiger partial charge is 0.208 e. The van der Waals surface area contributed by atoms with Gasteiger partial charge in [0.25, 0.3) is 0 Å². The average molecular weight is 340 g/mol. The van der Waals surface area contributed by atoms with Gasteiger partial charge >= 0.3 is 0 Å². The molecule has 0 aliphatic rings. The zero-order chi connectivity index (χ0) is 14.9. The number of nitrogens with one attached hydrogen (secondary N) is 1. The van der Waals surface area contributed by atoms with Crippen molar-refractivity contribution in [2.24, 2.45) is 0 Å². The number of benzene rings is 1. The number of hydrogen-bond acceptors (Lipinski definition) is 3. The first kappa shape index (κ1) is 15.5. The van der Waals surface area contributed by atoms with Crippen molar-refractivity contribution >= 4 is 44.3 Å². The van der Waals surface area contributed by atoms with E-state index in [0.29, 0.717) is 23.4 Å². The maximum atomic E-state index is 13.4. The number of nitrogens with zero attached hydrogens (tertiary/aromatic N) is 2. The highest BCUT2D eigenvalue weighted by Crippen LogP contribution is 2.24. The van der Waals surface area contributed by atoms with Crippen molar-refractivity contribution in [1.29, 1.82) is 0 Å². The van der Waals surface area contributed by atoms with Crippen LogP contribution in [0.25, 0.3) is 11.0 Å². The van der Waals surface area contributed by atoms with E-state index in [1.54, 1.807) is 4.57 Å². The number of aromatic nitrogens is 2. The van der Waals surface area contributed by atoms with Gasteiger partial charge in [-0.15, -0.1) is 11.6 Å². The third-order valence-electron chi connectivity index (χ3n) is 2.69. The molecule has 0 bridgehead atoms. The molecule has 0 atom stereocenters. The normalized spacial score (nSPS) is 12.2. The lowest BCUT2D eigenvalue weighted by molar-refractivity contribution is 0.578. The van der Waals surface area contributed by atoms with Gasteiger partial charge in [-0.05, 0) is 6.07 Å². The van der Waals surface area contributed by atoms with Crippen LogP contribution in [0.15, 0.2) is 12.1 Å². The first-order chi connectivity index (χ1) is 9.31. The molecule has 0 radical (unpaired) electrons. The zero-order valence-corrected chi connectivity index (χ0v) is 12.9. The summed E-state index contributed by atoms with van der Waals surface area (Å²) in [6.07, 6.45) is 1.08. The van der Waals surface area contributed by atoms with Crippen molar-refractivity contribution in [2.75, 3.05) is 12.8 Å². The number of halogens is 3. The van der Waals surface area contributed by atoms with Gasteiger partial charge in [0.2, 0.25) is 10.0 Å². The molecule has 1 heterocycles. The standard InChI is InChI=1S/C11H12Cl2FN3O2S/c1-20(18,19)15-2-3-17-10-4-7(13)8(14)5-9(10)16-11(17)6-12/h4-5,15H,2-3,6H2,1H3. The van der Waals surface area contributed by atoms with E-state index in [-0.39, 0.29) is 17.4 Å². The molecular formula is C11H12Cl2FN3O2S. The van der Waals surface area contributed by atoms with Crippen LogP contribution >= 0.6 is 23.2 Å². The monoisotopic (exact) mass is 339 g/mol. The first-order valence-corrected chi connectivity index (χ1v) is 8.47. The second kappa shape index (κ2) is 5.85. The van der Waals surface area contributed by atoms with Crippen molar-refractivity contribution in [3.05, 3.63) is 28.8 Å². The van der Waals surface area contributed by atoms with Crippen LogP contribution in [-0.4, -0.2) is 30.8 Å². The lowest BCUT2D eigenvalue weighted by atomic mass is 10.3. The van der Waals surface area contributed by atoms with Crippen LogP contribution in [0.3, 0.4) is 0 Å². The SMILES string of the molecule is CS(=O)(=O)NCCn1c(CCl)nc2cc(F)c(Cl)cc21. The number of rotatable bonds is 5. The van der Waals surface area contributed by atoms with Gasteiger partial charge in [0, 0.05) is 19.2 Å². The molecule has 1 N–H and O–H groups in total. The Labute approximate surface area is 125 Å². The number of imidazole rings is 1. The highest BCUT2D eigenvalue weighted by Gasteiger charge is 2.13. The zero-order valence-electron chi connectivity index (χ0n) is 10.5. The quantitative estimate of drug-likeness (QED) is 0.848. The summed E-state index contributed by atoms with van der Waals surface area (Å²) in [5.74, 6) is 0.102. The second-order valence-corrected chi connectivity index (χ2v) is 6.74. The molecule has 0 unspecified atom stereocenters. The summed E-state index contributed by atoms with van der Waals surface area (Å²) in [6.45, 7) is 0.511. The van der Waals surface area contributed by atoms with Gasteiger partial charge in [0.1, 0.15) is 11.6 Å². The summed E-state index contributed by atoms with van der Waals surface area (Å²) in [6, 6.07) is 2.68. The largest absolute Gasteiger partial charge is 0.326 e. The molecule has 1 aromatic carbocycles. The lowest BCUT2D eigenvalue weighted by Gasteiger charge is -2.08. The van der Waals surface area contributed by atoms with E-state index < -0.39 is 15.8 Å². The van der Waals surface area contributed by atoms with E-state index in [4.69, 9.17) is 23.2 Å². The summed E-state index contributed by atoms with van der Waals surface area (Å²) in [4.78, 5) is 4.20. The molecule has 5 nitrogen and oxygen atoms in total. The minimum atomic E-state index is -3.27. The van der Waals surface area contributed by atoms with E-state index in [1.807, 2.05) is 0 Å². The number of alkyl halides is 1. The summed E-state index contributed by atoms with van der Waals surface area (Å²) in [5.41, 5.74) is 1.05. The van der Waals surface area contributed by atoms with Gasteiger partial charge < -0.3 is 4.57 Å². The molecule has 0 fully saturated rings.